The Kier molecular flexibility index (Phi) is 3.76. The van der Waals surface area contributed by atoms with Crippen LogP contribution in [0.4, 0.5) is 11.5 Å². The van der Waals surface area contributed by atoms with Crippen LogP contribution in [0.3, 0.4) is 0 Å². The Morgan fingerprint density at radius 3 is 2.54 bits per heavy atom. The standard InChI is InChI=1S/C19H21N5/c1-14-4-3-5-18(15(14)2)23-8-10-24(11-9-23)19-16-6-7-20-12-17(16)21-13-22-19/h3-7,12-13H,8-11H2,1-2H3. The Balaban J connectivity index is 1.57. The van der Waals surface area contributed by atoms with E-state index in [9.17, 15) is 0 Å². The summed E-state index contributed by atoms with van der Waals surface area (Å²) < 4.78 is 0. The van der Waals surface area contributed by atoms with E-state index in [1.165, 1.54) is 16.8 Å². The third kappa shape index (κ3) is 2.56. The van der Waals surface area contributed by atoms with Gasteiger partial charge in [0.1, 0.15) is 12.1 Å². The van der Waals surface area contributed by atoms with Gasteiger partial charge in [-0.25, -0.2) is 9.97 Å². The fourth-order valence-corrected chi connectivity index (χ4v) is 3.38. The van der Waals surface area contributed by atoms with Crippen molar-refractivity contribution in [3.8, 4) is 0 Å². The van der Waals surface area contributed by atoms with E-state index in [1.807, 2.05) is 12.3 Å². The Labute approximate surface area is 142 Å². The van der Waals surface area contributed by atoms with Gasteiger partial charge in [0.2, 0.25) is 0 Å². The second-order valence-electron chi connectivity index (χ2n) is 6.28. The van der Waals surface area contributed by atoms with Gasteiger partial charge in [-0.15, -0.1) is 0 Å². The van der Waals surface area contributed by atoms with Crippen molar-refractivity contribution < 1.29 is 0 Å². The maximum atomic E-state index is 4.53. The number of rotatable bonds is 2. The topological polar surface area (TPSA) is 45.2 Å². The van der Waals surface area contributed by atoms with E-state index in [1.54, 1.807) is 12.5 Å². The van der Waals surface area contributed by atoms with Crippen molar-refractivity contribution in [3.63, 3.8) is 0 Å². The predicted molar refractivity (Wildman–Crippen MR) is 97.7 cm³/mol. The second-order valence-corrected chi connectivity index (χ2v) is 6.28. The average Bonchev–Trinajstić information content (AvgIpc) is 2.64. The largest absolute Gasteiger partial charge is 0.368 e. The van der Waals surface area contributed by atoms with Gasteiger partial charge in [0, 0.05) is 43.4 Å². The van der Waals surface area contributed by atoms with Gasteiger partial charge in [-0.1, -0.05) is 12.1 Å². The zero-order valence-corrected chi connectivity index (χ0v) is 14.1. The third-order valence-electron chi connectivity index (χ3n) is 4.91. The summed E-state index contributed by atoms with van der Waals surface area (Å²) in [6.45, 7) is 8.31. The van der Waals surface area contributed by atoms with Crippen LogP contribution >= 0.6 is 0 Å². The highest BCUT2D eigenvalue weighted by atomic mass is 15.3. The van der Waals surface area contributed by atoms with Crippen LogP contribution in [0.25, 0.3) is 10.9 Å². The third-order valence-corrected chi connectivity index (χ3v) is 4.91. The molecule has 0 saturated carbocycles. The van der Waals surface area contributed by atoms with Gasteiger partial charge in [-0.3, -0.25) is 4.98 Å². The molecular formula is C19H21N5. The summed E-state index contributed by atoms with van der Waals surface area (Å²) in [6.07, 6.45) is 5.24. The molecule has 1 aliphatic heterocycles. The van der Waals surface area contributed by atoms with E-state index in [4.69, 9.17) is 0 Å². The predicted octanol–water partition coefficient (Wildman–Crippen LogP) is 2.97. The summed E-state index contributed by atoms with van der Waals surface area (Å²) in [4.78, 5) is 17.8. The van der Waals surface area contributed by atoms with Gasteiger partial charge in [0.15, 0.2) is 0 Å². The van der Waals surface area contributed by atoms with Crippen molar-refractivity contribution in [1.29, 1.82) is 0 Å². The summed E-state index contributed by atoms with van der Waals surface area (Å²) in [6, 6.07) is 8.55. The molecule has 0 bridgehead atoms. The maximum absolute atomic E-state index is 4.53. The fourth-order valence-electron chi connectivity index (χ4n) is 3.38. The maximum Gasteiger partial charge on any atom is 0.140 e. The Hall–Kier alpha value is -2.69. The molecule has 0 unspecified atom stereocenters. The molecule has 0 N–H and O–H groups in total. The van der Waals surface area contributed by atoms with Crippen LogP contribution in [0.1, 0.15) is 11.1 Å². The highest BCUT2D eigenvalue weighted by Crippen LogP contribution is 2.27. The molecule has 5 heteroatoms. The minimum atomic E-state index is 0.902. The lowest BCUT2D eigenvalue weighted by Gasteiger charge is -2.37. The van der Waals surface area contributed by atoms with Crippen molar-refractivity contribution in [2.75, 3.05) is 36.0 Å². The van der Waals surface area contributed by atoms with Crippen molar-refractivity contribution in [2.24, 2.45) is 0 Å². The molecule has 24 heavy (non-hydrogen) atoms. The molecule has 0 amide bonds. The van der Waals surface area contributed by atoms with Crippen LogP contribution < -0.4 is 9.80 Å². The number of aryl methyl sites for hydroxylation is 1. The summed E-state index contributed by atoms with van der Waals surface area (Å²) in [5, 5.41) is 1.08. The van der Waals surface area contributed by atoms with Gasteiger partial charge < -0.3 is 9.80 Å². The summed E-state index contributed by atoms with van der Waals surface area (Å²) in [5.74, 6) is 1.02. The van der Waals surface area contributed by atoms with E-state index in [-0.39, 0.29) is 0 Å². The number of aromatic nitrogens is 3. The first-order valence-corrected chi connectivity index (χ1v) is 8.35. The van der Waals surface area contributed by atoms with Crippen LogP contribution in [0.5, 0.6) is 0 Å². The molecule has 0 aliphatic carbocycles. The van der Waals surface area contributed by atoms with Crippen LogP contribution in [-0.4, -0.2) is 41.1 Å². The van der Waals surface area contributed by atoms with Crippen molar-refractivity contribution >= 4 is 22.4 Å². The smallest absolute Gasteiger partial charge is 0.140 e. The molecule has 1 saturated heterocycles. The molecule has 1 fully saturated rings. The summed E-state index contributed by atoms with van der Waals surface area (Å²) in [5.41, 5.74) is 4.99. The Bertz CT molecular complexity index is 863. The minimum Gasteiger partial charge on any atom is -0.368 e. The SMILES string of the molecule is Cc1cccc(N2CCN(c3ncnc4cnccc34)CC2)c1C. The van der Waals surface area contributed by atoms with Gasteiger partial charge in [0.05, 0.1) is 11.7 Å². The van der Waals surface area contributed by atoms with Crippen LogP contribution in [0.15, 0.2) is 43.0 Å². The number of benzene rings is 1. The number of fused-ring (bicyclic) bond motifs is 1. The molecule has 0 spiro atoms. The molecule has 3 heterocycles. The van der Waals surface area contributed by atoms with Crippen molar-refractivity contribution in [2.45, 2.75) is 13.8 Å². The van der Waals surface area contributed by atoms with Crippen LogP contribution in [-0.2, 0) is 0 Å². The van der Waals surface area contributed by atoms with E-state index >= 15 is 0 Å². The first kappa shape index (κ1) is 14.9. The molecule has 4 rings (SSSR count). The number of piperazine rings is 1. The van der Waals surface area contributed by atoms with E-state index in [2.05, 4.69) is 56.8 Å². The number of hydrogen-bond acceptors (Lipinski definition) is 5. The minimum absolute atomic E-state index is 0.902. The Morgan fingerprint density at radius 1 is 0.917 bits per heavy atom. The molecular weight excluding hydrogens is 298 g/mol. The molecule has 2 aromatic heterocycles. The molecule has 1 aromatic carbocycles. The van der Waals surface area contributed by atoms with Gasteiger partial charge in [-0.2, -0.15) is 0 Å². The number of pyridine rings is 1. The molecule has 5 nitrogen and oxygen atoms in total. The fraction of sp³-hybridized carbons (Fsp3) is 0.316. The number of anilines is 2. The van der Waals surface area contributed by atoms with E-state index in [0.29, 0.717) is 0 Å². The summed E-state index contributed by atoms with van der Waals surface area (Å²) >= 11 is 0. The highest BCUT2D eigenvalue weighted by molar-refractivity contribution is 5.88. The lowest BCUT2D eigenvalue weighted by Crippen LogP contribution is -2.47. The van der Waals surface area contributed by atoms with Gasteiger partial charge in [0.25, 0.3) is 0 Å². The van der Waals surface area contributed by atoms with Crippen LogP contribution in [0.2, 0.25) is 0 Å². The average molecular weight is 319 g/mol. The second kappa shape index (κ2) is 6.07. The quantitative estimate of drug-likeness (QED) is 0.726. The lowest BCUT2D eigenvalue weighted by molar-refractivity contribution is 0.647. The highest BCUT2D eigenvalue weighted by Gasteiger charge is 2.21. The zero-order valence-electron chi connectivity index (χ0n) is 14.1. The normalized spacial score (nSPS) is 15.1. The van der Waals surface area contributed by atoms with Crippen LogP contribution in [0, 0.1) is 13.8 Å². The number of hydrogen-bond donors (Lipinski definition) is 0. The molecule has 0 atom stereocenters. The number of nitrogens with zero attached hydrogens (tertiary/aromatic N) is 5. The zero-order chi connectivity index (χ0) is 16.5. The first-order chi connectivity index (χ1) is 11.7. The molecule has 0 radical (unpaired) electrons. The molecule has 122 valence electrons. The lowest BCUT2D eigenvalue weighted by atomic mass is 10.1. The van der Waals surface area contributed by atoms with Gasteiger partial charge in [-0.05, 0) is 37.1 Å². The van der Waals surface area contributed by atoms with E-state index in [0.717, 1.165) is 42.9 Å². The van der Waals surface area contributed by atoms with Crippen molar-refractivity contribution in [3.05, 3.63) is 54.1 Å². The molecule has 3 aromatic rings. The Morgan fingerprint density at radius 2 is 1.71 bits per heavy atom. The monoisotopic (exact) mass is 319 g/mol. The first-order valence-electron chi connectivity index (χ1n) is 8.35. The van der Waals surface area contributed by atoms with Crippen molar-refractivity contribution in [1.82, 2.24) is 15.0 Å². The van der Waals surface area contributed by atoms with Gasteiger partial charge >= 0.3 is 0 Å². The molecule has 1 aliphatic rings. The summed E-state index contributed by atoms with van der Waals surface area (Å²) in [7, 11) is 0. The van der Waals surface area contributed by atoms with E-state index < -0.39 is 0 Å².